The predicted molar refractivity (Wildman–Crippen MR) is 85.4 cm³/mol. The first kappa shape index (κ1) is 16.8. The number of aliphatic carboxylic acids is 1. The largest absolute Gasteiger partial charge is 0.481 e. The molecule has 4 nitrogen and oxygen atoms in total. The second-order valence-corrected chi connectivity index (χ2v) is 6.96. The lowest BCUT2D eigenvalue weighted by Gasteiger charge is -2.41. The highest BCUT2D eigenvalue weighted by Crippen LogP contribution is 2.34. The molecule has 1 saturated heterocycles. The summed E-state index contributed by atoms with van der Waals surface area (Å²) in [7, 11) is 2.14. The Bertz CT molecular complexity index is 348. The van der Waals surface area contributed by atoms with Gasteiger partial charge in [-0.3, -0.25) is 9.69 Å². The zero-order valence-electron chi connectivity index (χ0n) is 13.9. The van der Waals surface area contributed by atoms with Crippen LogP contribution in [0.3, 0.4) is 0 Å². The van der Waals surface area contributed by atoms with E-state index in [1.807, 2.05) is 0 Å². The van der Waals surface area contributed by atoms with E-state index in [1.54, 1.807) is 0 Å². The highest BCUT2D eigenvalue weighted by atomic mass is 16.4. The number of carbonyl (C=O) groups is 1. The summed E-state index contributed by atoms with van der Waals surface area (Å²) >= 11 is 0. The minimum atomic E-state index is -0.597. The molecule has 2 fully saturated rings. The van der Waals surface area contributed by atoms with Crippen LogP contribution in [0.5, 0.6) is 0 Å². The van der Waals surface area contributed by atoms with Crippen LogP contribution in [-0.4, -0.2) is 59.6 Å². The molecule has 0 spiro atoms. The molecule has 0 radical (unpaired) electrons. The molecule has 4 unspecified atom stereocenters. The van der Waals surface area contributed by atoms with Crippen molar-refractivity contribution < 1.29 is 9.90 Å². The highest BCUT2D eigenvalue weighted by Gasteiger charge is 2.38. The van der Waals surface area contributed by atoms with Gasteiger partial charge in [0.2, 0.25) is 0 Å². The van der Waals surface area contributed by atoms with E-state index in [2.05, 4.69) is 30.7 Å². The maximum Gasteiger partial charge on any atom is 0.308 e. The normalized spacial score (nSPS) is 34.5. The van der Waals surface area contributed by atoms with E-state index >= 15 is 0 Å². The zero-order valence-corrected chi connectivity index (χ0v) is 13.9. The van der Waals surface area contributed by atoms with Crippen LogP contribution in [0.1, 0.15) is 52.4 Å². The Hall–Kier alpha value is -0.610. The van der Waals surface area contributed by atoms with E-state index in [1.165, 1.54) is 25.8 Å². The highest BCUT2D eigenvalue weighted by molar-refractivity contribution is 5.71. The summed E-state index contributed by atoms with van der Waals surface area (Å²) in [6.45, 7) is 7.81. The number of nitrogens with zero attached hydrogens (tertiary/aromatic N) is 2. The fraction of sp³-hybridized carbons (Fsp3) is 0.941. The fourth-order valence-corrected chi connectivity index (χ4v) is 4.36. The summed E-state index contributed by atoms with van der Waals surface area (Å²) in [5, 5.41) is 9.54. The van der Waals surface area contributed by atoms with Crippen molar-refractivity contribution in [3.63, 3.8) is 0 Å². The standard InChI is InChI=1S/C17H32N2O2/c1-4-13-8-9-15(17(20)21)16(11-13)18(3)12-14-7-6-10-19(14)5-2/h13-16H,4-12H2,1-3H3,(H,20,21). The average molecular weight is 296 g/mol. The first-order valence-electron chi connectivity index (χ1n) is 8.73. The Morgan fingerprint density at radius 2 is 2.05 bits per heavy atom. The molecule has 0 aromatic heterocycles. The van der Waals surface area contributed by atoms with Gasteiger partial charge in [-0.15, -0.1) is 0 Å². The quantitative estimate of drug-likeness (QED) is 0.818. The van der Waals surface area contributed by atoms with E-state index in [-0.39, 0.29) is 12.0 Å². The Balaban J connectivity index is 1.99. The molecule has 0 bridgehead atoms. The van der Waals surface area contributed by atoms with Crippen LogP contribution in [0.2, 0.25) is 0 Å². The summed E-state index contributed by atoms with van der Waals surface area (Å²) < 4.78 is 0. The van der Waals surface area contributed by atoms with Crippen molar-refractivity contribution >= 4 is 5.97 Å². The third-order valence-corrected chi connectivity index (χ3v) is 5.79. The SMILES string of the molecule is CCC1CCC(C(=O)O)C(N(C)CC2CCCN2CC)C1. The van der Waals surface area contributed by atoms with Crippen LogP contribution in [0.4, 0.5) is 0 Å². The first-order chi connectivity index (χ1) is 10.1. The lowest BCUT2D eigenvalue weighted by molar-refractivity contribution is -0.146. The van der Waals surface area contributed by atoms with Crippen molar-refractivity contribution in [2.75, 3.05) is 26.7 Å². The minimum Gasteiger partial charge on any atom is -0.481 e. The molecule has 4 atom stereocenters. The molecule has 2 aliphatic rings. The first-order valence-corrected chi connectivity index (χ1v) is 8.73. The maximum absolute atomic E-state index is 11.6. The fourth-order valence-electron chi connectivity index (χ4n) is 4.36. The monoisotopic (exact) mass is 296 g/mol. The number of likely N-dealkylation sites (N-methyl/N-ethyl adjacent to an activating group) is 2. The topological polar surface area (TPSA) is 43.8 Å². The van der Waals surface area contributed by atoms with Crippen molar-refractivity contribution in [2.45, 2.75) is 64.5 Å². The van der Waals surface area contributed by atoms with Gasteiger partial charge < -0.3 is 10.0 Å². The number of hydrogen-bond acceptors (Lipinski definition) is 3. The second kappa shape index (κ2) is 7.59. The Morgan fingerprint density at radius 3 is 2.67 bits per heavy atom. The molecule has 122 valence electrons. The van der Waals surface area contributed by atoms with E-state index in [9.17, 15) is 9.90 Å². The zero-order chi connectivity index (χ0) is 15.4. The van der Waals surface area contributed by atoms with Crippen molar-refractivity contribution in [3.8, 4) is 0 Å². The van der Waals surface area contributed by atoms with Crippen molar-refractivity contribution in [1.29, 1.82) is 0 Å². The van der Waals surface area contributed by atoms with Crippen molar-refractivity contribution in [1.82, 2.24) is 9.80 Å². The summed E-state index contributed by atoms with van der Waals surface area (Å²) in [6.07, 6.45) is 6.73. The lowest BCUT2D eigenvalue weighted by Crippen LogP contribution is -2.49. The van der Waals surface area contributed by atoms with E-state index in [0.29, 0.717) is 12.0 Å². The second-order valence-electron chi connectivity index (χ2n) is 6.96. The molecular weight excluding hydrogens is 264 g/mol. The molecule has 0 amide bonds. The number of carboxylic acids is 1. The lowest BCUT2D eigenvalue weighted by atomic mass is 9.76. The van der Waals surface area contributed by atoms with E-state index < -0.39 is 5.97 Å². The molecule has 4 heteroatoms. The third-order valence-electron chi connectivity index (χ3n) is 5.79. The van der Waals surface area contributed by atoms with Crippen LogP contribution >= 0.6 is 0 Å². The van der Waals surface area contributed by atoms with Crippen LogP contribution < -0.4 is 0 Å². The smallest absolute Gasteiger partial charge is 0.308 e. The maximum atomic E-state index is 11.6. The molecular formula is C17H32N2O2. The molecule has 0 aromatic rings. The van der Waals surface area contributed by atoms with Gasteiger partial charge in [-0.05, 0) is 58.2 Å². The van der Waals surface area contributed by atoms with Crippen LogP contribution in [0, 0.1) is 11.8 Å². The molecule has 0 aromatic carbocycles. The number of carboxylic acid groups (broad SMARTS) is 1. The van der Waals surface area contributed by atoms with Gasteiger partial charge in [0.25, 0.3) is 0 Å². The van der Waals surface area contributed by atoms with Crippen LogP contribution in [-0.2, 0) is 4.79 Å². The summed E-state index contributed by atoms with van der Waals surface area (Å²) in [5.74, 6) is -0.0617. The average Bonchev–Trinajstić information content (AvgIpc) is 2.93. The summed E-state index contributed by atoms with van der Waals surface area (Å²) in [4.78, 5) is 16.5. The molecule has 2 rings (SSSR count). The van der Waals surface area contributed by atoms with Crippen molar-refractivity contribution in [2.24, 2.45) is 11.8 Å². The van der Waals surface area contributed by atoms with Crippen LogP contribution in [0.15, 0.2) is 0 Å². The molecule has 1 aliphatic heterocycles. The Morgan fingerprint density at radius 1 is 1.29 bits per heavy atom. The minimum absolute atomic E-state index is 0.172. The van der Waals surface area contributed by atoms with Gasteiger partial charge in [0.15, 0.2) is 0 Å². The van der Waals surface area contributed by atoms with Crippen LogP contribution in [0.25, 0.3) is 0 Å². The Labute approximate surface area is 129 Å². The van der Waals surface area contributed by atoms with Gasteiger partial charge >= 0.3 is 5.97 Å². The Kier molecular flexibility index (Phi) is 6.06. The van der Waals surface area contributed by atoms with Crippen molar-refractivity contribution in [3.05, 3.63) is 0 Å². The number of likely N-dealkylation sites (tertiary alicyclic amines) is 1. The predicted octanol–water partition coefficient (Wildman–Crippen LogP) is 2.68. The molecule has 1 heterocycles. The molecule has 1 N–H and O–H groups in total. The van der Waals surface area contributed by atoms with E-state index in [0.717, 1.165) is 32.4 Å². The van der Waals surface area contributed by atoms with Gasteiger partial charge in [-0.1, -0.05) is 20.3 Å². The molecule has 1 aliphatic carbocycles. The van der Waals surface area contributed by atoms with Gasteiger partial charge in [0.1, 0.15) is 0 Å². The van der Waals surface area contributed by atoms with Gasteiger partial charge in [-0.2, -0.15) is 0 Å². The number of rotatable bonds is 6. The summed E-state index contributed by atoms with van der Waals surface area (Å²) in [5.41, 5.74) is 0. The summed E-state index contributed by atoms with van der Waals surface area (Å²) in [6, 6.07) is 0.844. The van der Waals surface area contributed by atoms with Gasteiger partial charge in [0, 0.05) is 18.6 Å². The van der Waals surface area contributed by atoms with E-state index in [4.69, 9.17) is 0 Å². The third kappa shape index (κ3) is 3.98. The molecule has 1 saturated carbocycles. The number of hydrogen-bond donors (Lipinski definition) is 1. The van der Waals surface area contributed by atoms with Gasteiger partial charge in [-0.25, -0.2) is 0 Å². The van der Waals surface area contributed by atoms with Gasteiger partial charge in [0.05, 0.1) is 5.92 Å². The molecule has 21 heavy (non-hydrogen) atoms.